The molecule has 0 radical (unpaired) electrons. The topological polar surface area (TPSA) is 68.5 Å². The molecule has 132 valence electrons. The maximum atomic E-state index is 12.9. The Morgan fingerprint density at radius 2 is 2.20 bits per heavy atom. The first kappa shape index (κ1) is 16.1. The van der Waals surface area contributed by atoms with Crippen LogP contribution in [-0.2, 0) is 4.79 Å². The van der Waals surface area contributed by atoms with E-state index in [9.17, 15) is 4.79 Å². The number of aromatic nitrogens is 2. The molecule has 2 aromatic rings. The molecule has 0 unspecified atom stereocenters. The molecule has 2 aliphatic rings. The van der Waals surface area contributed by atoms with Crippen LogP contribution in [0.15, 0.2) is 28.8 Å². The highest BCUT2D eigenvalue weighted by molar-refractivity contribution is 5.77. The van der Waals surface area contributed by atoms with E-state index in [1.54, 1.807) is 6.92 Å². The Balaban J connectivity index is 1.43. The van der Waals surface area contributed by atoms with Crippen LogP contribution >= 0.6 is 0 Å². The second kappa shape index (κ2) is 6.86. The maximum Gasteiger partial charge on any atom is 0.223 e. The number of ether oxygens (including phenoxy) is 1. The van der Waals surface area contributed by atoms with Crippen LogP contribution in [0.4, 0.5) is 0 Å². The van der Waals surface area contributed by atoms with Crippen molar-refractivity contribution in [3.05, 3.63) is 41.5 Å². The molecular weight excluding hydrogens is 318 g/mol. The van der Waals surface area contributed by atoms with Gasteiger partial charge in [0.15, 0.2) is 5.82 Å². The lowest BCUT2D eigenvalue weighted by Gasteiger charge is -2.33. The zero-order chi connectivity index (χ0) is 17.2. The lowest BCUT2D eigenvalue weighted by molar-refractivity contribution is -0.133. The summed E-state index contributed by atoms with van der Waals surface area (Å²) in [6.07, 6.45) is 3.42. The van der Waals surface area contributed by atoms with Crippen LogP contribution in [0.25, 0.3) is 0 Å². The summed E-state index contributed by atoms with van der Waals surface area (Å²) in [5.74, 6) is 2.86. The first-order valence-corrected chi connectivity index (χ1v) is 9.00. The first-order chi connectivity index (χ1) is 12.2. The van der Waals surface area contributed by atoms with Crippen LogP contribution < -0.4 is 4.74 Å². The fraction of sp³-hybridized carbons (Fsp3) is 0.526. The molecule has 0 bridgehead atoms. The van der Waals surface area contributed by atoms with Gasteiger partial charge in [0.2, 0.25) is 11.8 Å². The van der Waals surface area contributed by atoms with Gasteiger partial charge in [0, 0.05) is 32.4 Å². The van der Waals surface area contributed by atoms with Crippen molar-refractivity contribution in [3.8, 4) is 5.75 Å². The summed E-state index contributed by atoms with van der Waals surface area (Å²) in [4.78, 5) is 19.2. The van der Waals surface area contributed by atoms with E-state index in [-0.39, 0.29) is 17.7 Å². The fourth-order valence-corrected chi connectivity index (χ4v) is 3.86. The maximum absolute atomic E-state index is 12.9. The largest absolute Gasteiger partial charge is 0.493 e. The van der Waals surface area contributed by atoms with Gasteiger partial charge in [-0.05, 0) is 36.8 Å². The standard InChI is InChI=1S/C19H23N3O3/c1-13-20-19(21-25-13)15-5-4-9-22(12-15)18(23)11-14-8-10-24-17-7-3-2-6-16(14)17/h2-3,6-7,14-15H,4-5,8-12H2,1H3/t14-,15-/m0/s1. The van der Waals surface area contributed by atoms with E-state index in [2.05, 4.69) is 16.2 Å². The second-order valence-corrected chi connectivity index (χ2v) is 6.93. The molecule has 3 heterocycles. The minimum Gasteiger partial charge on any atom is -0.493 e. The molecule has 2 aliphatic heterocycles. The molecule has 0 aliphatic carbocycles. The number of amides is 1. The van der Waals surface area contributed by atoms with Crippen LogP contribution in [0.1, 0.15) is 54.8 Å². The Morgan fingerprint density at radius 1 is 1.32 bits per heavy atom. The number of likely N-dealkylation sites (tertiary alicyclic amines) is 1. The molecule has 0 saturated carbocycles. The van der Waals surface area contributed by atoms with E-state index in [1.807, 2.05) is 23.1 Å². The van der Waals surface area contributed by atoms with Crippen LogP contribution in [0.2, 0.25) is 0 Å². The highest BCUT2D eigenvalue weighted by Crippen LogP contribution is 2.36. The Kier molecular flexibility index (Phi) is 4.42. The smallest absolute Gasteiger partial charge is 0.223 e. The summed E-state index contributed by atoms with van der Waals surface area (Å²) in [7, 11) is 0. The SMILES string of the molecule is Cc1nc([C@H]2CCCN(C(=O)C[C@@H]3CCOc4ccccc43)C2)no1. The molecule has 6 nitrogen and oxygen atoms in total. The van der Waals surface area contributed by atoms with Crippen molar-refractivity contribution in [3.63, 3.8) is 0 Å². The third kappa shape index (κ3) is 3.38. The summed E-state index contributed by atoms with van der Waals surface area (Å²) in [5.41, 5.74) is 1.16. The van der Waals surface area contributed by atoms with Crippen LogP contribution in [0.5, 0.6) is 5.75 Å². The van der Waals surface area contributed by atoms with Gasteiger partial charge in [-0.3, -0.25) is 4.79 Å². The van der Waals surface area contributed by atoms with Gasteiger partial charge in [0.1, 0.15) is 5.75 Å². The quantitative estimate of drug-likeness (QED) is 0.858. The van der Waals surface area contributed by atoms with Crippen LogP contribution in [0, 0.1) is 6.92 Å². The third-order valence-corrected chi connectivity index (χ3v) is 5.19. The first-order valence-electron chi connectivity index (χ1n) is 9.00. The summed E-state index contributed by atoms with van der Waals surface area (Å²) in [6.45, 7) is 3.98. The van der Waals surface area contributed by atoms with Gasteiger partial charge in [0.05, 0.1) is 6.61 Å². The van der Waals surface area contributed by atoms with Gasteiger partial charge in [-0.1, -0.05) is 23.4 Å². The number of benzene rings is 1. The van der Waals surface area contributed by atoms with Crippen molar-refractivity contribution in [1.82, 2.24) is 15.0 Å². The normalized spacial score (nSPS) is 23.0. The second-order valence-electron chi connectivity index (χ2n) is 6.93. The van der Waals surface area contributed by atoms with E-state index in [0.717, 1.165) is 42.9 Å². The lowest BCUT2D eigenvalue weighted by atomic mass is 9.89. The van der Waals surface area contributed by atoms with Gasteiger partial charge in [-0.2, -0.15) is 4.98 Å². The van der Waals surface area contributed by atoms with Gasteiger partial charge in [-0.15, -0.1) is 0 Å². The van der Waals surface area contributed by atoms with Crippen molar-refractivity contribution >= 4 is 5.91 Å². The molecule has 1 aromatic carbocycles. The molecule has 2 atom stereocenters. The molecule has 6 heteroatoms. The molecule has 4 rings (SSSR count). The Hall–Kier alpha value is -2.37. The predicted molar refractivity (Wildman–Crippen MR) is 91.5 cm³/mol. The van der Waals surface area contributed by atoms with Crippen molar-refractivity contribution in [1.29, 1.82) is 0 Å². The molecule has 1 fully saturated rings. The number of carbonyl (C=O) groups is 1. The number of para-hydroxylation sites is 1. The number of piperidine rings is 1. The van der Waals surface area contributed by atoms with Crippen molar-refractivity contribution < 1.29 is 14.1 Å². The van der Waals surface area contributed by atoms with Crippen molar-refractivity contribution in [2.75, 3.05) is 19.7 Å². The molecule has 25 heavy (non-hydrogen) atoms. The van der Waals surface area contributed by atoms with Gasteiger partial charge >= 0.3 is 0 Å². The van der Waals surface area contributed by atoms with Gasteiger partial charge < -0.3 is 14.2 Å². The third-order valence-electron chi connectivity index (χ3n) is 5.19. The molecule has 0 N–H and O–H groups in total. The number of aryl methyl sites for hydroxylation is 1. The highest BCUT2D eigenvalue weighted by Gasteiger charge is 2.30. The Morgan fingerprint density at radius 3 is 3.04 bits per heavy atom. The van der Waals surface area contributed by atoms with E-state index >= 15 is 0 Å². The van der Waals surface area contributed by atoms with Gasteiger partial charge in [-0.25, -0.2) is 0 Å². The Bertz CT molecular complexity index is 758. The zero-order valence-electron chi connectivity index (χ0n) is 14.5. The van der Waals surface area contributed by atoms with Crippen molar-refractivity contribution in [2.24, 2.45) is 0 Å². The van der Waals surface area contributed by atoms with E-state index in [4.69, 9.17) is 9.26 Å². The van der Waals surface area contributed by atoms with Gasteiger partial charge in [0.25, 0.3) is 0 Å². The summed E-state index contributed by atoms with van der Waals surface area (Å²) >= 11 is 0. The van der Waals surface area contributed by atoms with E-state index in [0.29, 0.717) is 25.5 Å². The lowest BCUT2D eigenvalue weighted by Crippen LogP contribution is -2.40. The monoisotopic (exact) mass is 341 g/mol. The fourth-order valence-electron chi connectivity index (χ4n) is 3.86. The molecule has 1 aromatic heterocycles. The number of fused-ring (bicyclic) bond motifs is 1. The number of carbonyl (C=O) groups excluding carboxylic acids is 1. The average molecular weight is 341 g/mol. The van der Waals surface area contributed by atoms with E-state index in [1.165, 1.54) is 0 Å². The van der Waals surface area contributed by atoms with Crippen molar-refractivity contribution in [2.45, 2.75) is 44.4 Å². The number of hydrogen-bond donors (Lipinski definition) is 0. The molecule has 0 spiro atoms. The highest BCUT2D eigenvalue weighted by atomic mass is 16.5. The van der Waals surface area contributed by atoms with Crippen LogP contribution in [0.3, 0.4) is 0 Å². The average Bonchev–Trinajstić information content (AvgIpc) is 3.09. The number of rotatable bonds is 3. The van der Waals surface area contributed by atoms with E-state index < -0.39 is 0 Å². The molecular formula is C19H23N3O3. The number of hydrogen-bond acceptors (Lipinski definition) is 5. The minimum absolute atomic E-state index is 0.178. The summed E-state index contributed by atoms with van der Waals surface area (Å²) in [5, 5.41) is 4.04. The Labute approximate surface area is 147 Å². The molecule has 1 amide bonds. The minimum atomic E-state index is 0.178. The summed E-state index contributed by atoms with van der Waals surface area (Å²) in [6, 6.07) is 8.06. The predicted octanol–water partition coefficient (Wildman–Crippen LogP) is 3.04. The summed E-state index contributed by atoms with van der Waals surface area (Å²) < 4.78 is 10.8. The zero-order valence-corrected chi connectivity index (χ0v) is 14.5. The van der Waals surface area contributed by atoms with Crippen LogP contribution in [-0.4, -0.2) is 40.6 Å². The molecule has 1 saturated heterocycles. The number of nitrogens with zero attached hydrogens (tertiary/aromatic N) is 3.